The van der Waals surface area contributed by atoms with Crippen molar-refractivity contribution in [2.75, 3.05) is 11.8 Å². The maximum absolute atomic E-state index is 12.5. The first-order valence-corrected chi connectivity index (χ1v) is 8.66. The lowest BCUT2D eigenvalue weighted by atomic mass is 10.1. The molecule has 1 N–H and O–H groups in total. The summed E-state index contributed by atoms with van der Waals surface area (Å²) < 4.78 is 32.1. The molecule has 0 aromatic heterocycles. The SMILES string of the molecule is COC(=O)c1ccc(C)c(NS(=O)(=O)c2cccc(Cl)c2Cl)c1. The number of nitrogens with one attached hydrogen (secondary N) is 1. The summed E-state index contributed by atoms with van der Waals surface area (Å²) in [5, 5.41) is 0.0676. The molecular formula is C15H13Cl2NO4S. The minimum Gasteiger partial charge on any atom is -0.465 e. The summed E-state index contributed by atoms with van der Waals surface area (Å²) in [7, 11) is -2.71. The maximum Gasteiger partial charge on any atom is 0.337 e. The molecule has 5 nitrogen and oxygen atoms in total. The Morgan fingerprint density at radius 1 is 1.17 bits per heavy atom. The Morgan fingerprint density at radius 2 is 1.87 bits per heavy atom. The quantitative estimate of drug-likeness (QED) is 0.825. The molecule has 0 aliphatic heterocycles. The van der Waals surface area contributed by atoms with Gasteiger partial charge in [0.25, 0.3) is 10.0 Å². The van der Waals surface area contributed by atoms with Crippen LogP contribution in [-0.4, -0.2) is 21.5 Å². The van der Waals surface area contributed by atoms with E-state index in [0.717, 1.165) is 0 Å². The third kappa shape index (κ3) is 3.77. The van der Waals surface area contributed by atoms with E-state index in [1.54, 1.807) is 19.1 Å². The predicted molar refractivity (Wildman–Crippen MR) is 89.8 cm³/mol. The molecule has 0 fully saturated rings. The van der Waals surface area contributed by atoms with Crippen LogP contribution in [0.25, 0.3) is 0 Å². The summed E-state index contributed by atoms with van der Waals surface area (Å²) in [6.07, 6.45) is 0. The molecule has 0 bridgehead atoms. The molecule has 2 aromatic rings. The molecule has 0 saturated carbocycles. The van der Waals surface area contributed by atoms with Crippen LogP contribution in [0, 0.1) is 6.92 Å². The molecule has 0 saturated heterocycles. The molecule has 0 aliphatic rings. The van der Waals surface area contributed by atoms with E-state index < -0.39 is 16.0 Å². The zero-order valence-corrected chi connectivity index (χ0v) is 14.6. The zero-order chi connectivity index (χ0) is 17.2. The molecule has 0 unspecified atom stereocenters. The highest BCUT2D eigenvalue weighted by atomic mass is 35.5. The minimum absolute atomic E-state index is 0.0663. The fourth-order valence-electron chi connectivity index (χ4n) is 1.87. The van der Waals surface area contributed by atoms with Crippen molar-refractivity contribution in [3.8, 4) is 0 Å². The number of methoxy groups -OCH3 is 1. The van der Waals surface area contributed by atoms with E-state index in [-0.39, 0.29) is 26.2 Å². The van der Waals surface area contributed by atoms with E-state index in [9.17, 15) is 13.2 Å². The van der Waals surface area contributed by atoms with Crippen molar-refractivity contribution in [3.05, 3.63) is 57.6 Å². The Hall–Kier alpha value is -1.76. The largest absolute Gasteiger partial charge is 0.465 e. The third-order valence-electron chi connectivity index (χ3n) is 3.11. The summed E-state index contributed by atoms with van der Waals surface area (Å²) in [5.41, 5.74) is 1.12. The molecule has 23 heavy (non-hydrogen) atoms. The summed E-state index contributed by atoms with van der Waals surface area (Å²) >= 11 is 11.8. The van der Waals surface area contributed by atoms with Gasteiger partial charge in [0, 0.05) is 0 Å². The van der Waals surface area contributed by atoms with E-state index >= 15 is 0 Å². The van der Waals surface area contributed by atoms with Crippen molar-refractivity contribution in [1.82, 2.24) is 0 Å². The molecular weight excluding hydrogens is 361 g/mol. The number of hydrogen-bond acceptors (Lipinski definition) is 4. The number of benzene rings is 2. The van der Waals surface area contributed by atoms with Crippen molar-refractivity contribution in [1.29, 1.82) is 0 Å². The number of carbonyl (C=O) groups excluding carboxylic acids is 1. The van der Waals surface area contributed by atoms with Gasteiger partial charge >= 0.3 is 5.97 Å². The fourth-order valence-corrected chi connectivity index (χ4v) is 3.75. The first-order valence-electron chi connectivity index (χ1n) is 6.42. The van der Waals surface area contributed by atoms with Gasteiger partial charge < -0.3 is 4.74 Å². The number of ether oxygens (including phenoxy) is 1. The highest BCUT2D eigenvalue weighted by Gasteiger charge is 2.21. The van der Waals surface area contributed by atoms with Crippen LogP contribution in [0.2, 0.25) is 10.0 Å². The number of sulfonamides is 1. The summed E-state index contributed by atoms with van der Waals surface area (Å²) in [5.74, 6) is -0.564. The highest BCUT2D eigenvalue weighted by molar-refractivity contribution is 7.92. The standard InChI is InChI=1S/C15H13Cl2NO4S/c1-9-6-7-10(15(19)22-2)8-12(9)18-23(20,21)13-5-3-4-11(16)14(13)17/h3-8,18H,1-2H3. The maximum atomic E-state index is 12.5. The zero-order valence-electron chi connectivity index (χ0n) is 12.3. The number of esters is 1. The molecule has 0 spiro atoms. The molecule has 0 radical (unpaired) electrons. The Morgan fingerprint density at radius 3 is 2.52 bits per heavy atom. The second kappa shape index (κ2) is 6.78. The minimum atomic E-state index is -3.96. The monoisotopic (exact) mass is 373 g/mol. The van der Waals surface area contributed by atoms with Gasteiger partial charge in [0.1, 0.15) is 4.90 Å². The van der Waals surface area contributed by atoms with Gasteiger partial charge in [-0.25, -0.2) is 13.2 Å². The van der Waals surface area contributed by atoms with Crippen LogP contribution >= 0.6 is 23.2 Å². The van der Waals surface area contributed by atoms with Gasteiger partial charge in [0.05, 0.1) is 28.4 Å². The smallest absolute Gasteiger partial charge is 0.337 e. The summed E-state index contributed by atoms with van der Waals surface area (Å²) in [6.45, 7) is 1.71. The Kier molecular flexibility index (Phi) is 5.19. The second-order valence-corrected chi connectivity index (χ2v) is 7.11. The molecule has 2 rings (SSSR count). The van der Waals surface area contributed by atoms with Crippen LogP contribution in [0.15, 0.2) is 41.3 Å². The van der Waals surface area contributed by atoms with Gasteiger partial charge in [-0.2, -0.15) is 0 Å². The average Bonchev–Trinajstić information content (AvgIpc) is 2.51. The van der Waals surface area contributed by atoms with Gasteiger partial charge in [0.15, 0.2) is 0 Å². The number of hydrogen-bond donors (Lipinski definition) is 1. The van der Waals surface area contributed by atoms with Gasteiger partial charge in [-0.15, -0.1) is 0 Å². The molecule has 122 valence electrons. The van der Waals surface area contributed by atoms with Crippen LogP contribution in [0.5, 0.6) is 0 Å². The Bertz CT molecular complexity index is 866. The third-order valence-corrected chi connectivity index (χ3v) is 5.45. The van der Waals surface area contributed by atoms with Crippen LogP contribution in [0.3, 0.4) is 0 Å². The number of halogens is 2. The number of aryl methyl sites for hydroxylation is 1. The highest BCUT2D eigenvalue weighted by Crippen LogP contribution is 2.30. The van der Waals surface area contributed by atoms with E-state index in [0.29, 0.717) is 5.56 Å². The van der Waals surface area contributed by atoms with Crippen molar-refractivity contribution in [2.24, 2.45) is 0 Å². The molecule has 0 amide bonds. The molecule has 0 heterocycles. The van der Waals surface area contributed by atoms with Crippen molar-refractivity contribution < 1.29 is 17.9 Å². The van der Waals surface area contributed by atoms with Crippen LogP contribution in [0.4, 0.5) is 5.69 Å². The van der Waals surface area contributed by atoms with Gasteiger partial charge in [-0.05, 0) is 36.8 Å². The van der Waals surface area contributed by atoms with Crippen molar-refractivity contribution in [2.45, 2.75) is 11.8 Å². The van der Waals surface area contributed by atoms with Crippen LogP contribution < -0.4 is 4.72 Å². The van der Waals surface area contributed by atoms with Crippen LogP contribution in [-0.2, 0) is 14.8 Å². The first-order chi connectivity index (χ1) is 10.8. The topological polar surface area (TPSA) is 72.5 Å². The lowest BCUT2D eigenvalue weighted by Gasteiger charge is -2.13. The van der Waals surface area contributed by atoms with Crippen molar-refractivity contribution >= 4 is 44.9 Å². The second-order valence-electron chi connectivity index (χ2n) is 4.68. The van der Waals surface area contributed by atoms with Crippen molar-refractivity contribution in [3.63, 3.8) is 0 Å². The number of anilines is 1. The lowest BCUT2D eigenvalue weighted by molar-refractivity contribution is 0.0601. The van der Waals surface area contributed by atoms with Gasteiger partial charge in [-0.1, -0.05) is 35.3 Å². The van der Waals surface area contributed by atoms with Crippen LogP contribution in [0.1, 0.15) is 15.9 Å². The normalized spacial score (nSPS) is 11.1. The molecule has 0 atom stereocenters. The molecule has 2 aromatic carbocycles. The number of carbonyl (C=O) groups is 1. The summed E-state index contributed by atoms with van der Waals surface area (Å²) in [4.78, 5) is 11.4. The Balaban J connectivity index is 2.45. The first kappa shape index (κ1) is 17.6. The fraction of sp³-hybridized carbons (Fsp3) is 0.133. The van der Waals surface area contributed by atoms with E-state index in [1.807, 2.05) is 0 Å². The lowest BCUT2D eigenvalue weighted by Crippen LogP contribution is -2.15. The van der Waals surface area contributed by atoms with E-state index in [4.69, 9.17) is 23.2 Å². The predicted octanol–water partition coefficient (Wildman–Crippen LogP) is 3.89. The summed E-state index contributed by atoms with van der Waals surface area (Å²) in [6, 6.07) is 8.88. The average molecular weight is 374 g/mol. The van der Waals surface area contributed by atoms with E-state index in [2.05, 4.69) is 9.46 Å². The van der Waals surface area contributed by atoms with Gasteiger partial charge in [-0.3, -0.25) is 4.72 Å². The number of rotatable bonds is 4. The van der Waals surface area contributed by atoms with Gasteiger partial charge in [0.2, 0.25) is 0 Å². The van der Waals surface area contributed by atoms with E-state index in [1.165, 1.54) is 31.4 Å². The molecule has 0 aliphatic carbocycles. The molecule has 8 heteroatoms. The Labute approximate surface area is 144 Å².